The van der Waals surface area contributed by atoms with Gasteiger partial charge in [0.05, 0.1) is 10.9 Å². The molecule has 2 heterocycles. The van der Waals surface area contributed by atoms with Crippen molar-refractivity contribution in [3.8, 4) is 5.69 Å². The van der Waals surface area contributed by atoms with E-state index in [2.05, 4.69) is 15.5 Å². The van der Waals surface area contributed by atoms with Gasteiger partial charge in [-0.1, -0.05) is 30.7 Å². The Balaban J connectivity index is 1.72. The van der Waals surface area contributed by atoms with Gasteiger partial charge in [-0.15, -0.1) is 5.10 Å². The number of hydrogen-bond donors (Lipinski definition) is 0. The Morgan fingerprint density at radius 1 is 1.25 bits per heavy atom. The summed E-state index contributed by atoms with van der Waals surface area (Å²) in [5.41, 5.74) is 0.539. The van der Waals surface area contributed by atoms with E-state index in [0.717, 1.165) is 25.9 Å². The van der Waals surface area contributed by atoms with Crippen molar-refractivity contribution in [2.24, 2.45) is 0 Å². The molecule has 2 aromatic rings. The van der Waals surface area contributed by atoms with Crippen LogP contribution in [0.1, 0.15) is 32.6 Å². The van der Waals surface area contributed by atoms with Crippen molar-refractivity contribution >= 4 is 17.7 Å². The maximum atomic E-state index is 13.4. The first-order chi connectivity index (χ1) is 11.6. The Morgan fingerprint density at radius 3 is 2.71 bits per heavy atom. The molecule has 3 rings (SSSR count). The number of likely N-dealkylation sites (tertiary alicyclic amines) is 1. The molecule has 8 heteroatoms. The molecule has 0 bridgehead atoms. The van der Waals surface area contributed by atoms with E-state index in [4.69, 9.17) is 0 Å². The highest BCUT2D eigenvalue weighted by Gasteiger charge is 2.24. The lowest BCUT2D eigenvalue weighted by molar-refractivity contribution is -0.130. The van der Waals surface area contributed by atoms with E-state index in [-0.39, 0.29) is 17.0 Å². The number of hydrogen-bond acceptors (Lipinski definition) is 5. The molecule has 0 saturated carbocycles. The third-order valence-electron chi connectivity index (χ3n) is 4.04. The van der Waals surface area contributed by atoms with Gasteiger partial charge in [0.25, 0.3) is 0 Å². The first kappa shape index (κ1) is 16.9. The molecule has 0 N–H and O–H groups in total. The van der Waals surface area contributed by atoms with Gasteiger partial charge in [0.1, 0.15) is 5.82 Å². The molecular weight excluding hydrogens is 329 g/mol. The maximum Gasteiger partial charge on any atom is 0.235 e. The summed E-state index contributed by atoms with van der Waals surface area (Å²) in [5.74, 6) is -0.247. The summed E-state index contributed by atoms with van der Waals surface area (Å²) in [6, 6.07) is 6.06. The van der Waals surface area contributed by atoms with Crippen LogP contribution in [-0.2, 0) is 4.79 Å². The normalized spacial score (nSPS) is 16.7. The average Bonchev–Trinajstić information content (AvgIpc) is 2.86. The number of halogens is 1. The Morgan fingerprint density at radius 2 is 2.00 bits per heavy atom. The van der Waals surface area contributed by atoms with Crippen LogP contribution in [0, 0.1) is 5.82 Å². The van der Waals surface area contributed by atoms with Gasteiger partial charge in [0.2, 0.25) is 11.1 Å². The number of tetrazole rings is 1. The van der Waals surface area contributed by atoms with Crippen LogP contribution in [0.2, 0.25) is 0 Å². The van der Waals surface area contributed by atoms with Crippen LogP contribution in [0.5, 0.6) is 0 Å². The van der Waals surface area contributed by atoms with E-state index >= 15 is 0 Å². The van der Waals surface area contributed by atoms with Crippen molar-refractivity contribution < 1.29 is 9.18 Å². The average molecular weight is 349 g/mol. The number of aromatic nitrogens is 4. The summed E-state index contributed by atoms with van der Waals surface area (Å²) in [7, 11) is 0. The molecule has 1 fully saturated rings. The Bertz CT molecular complexity index is 699. The van der Waals surface area contributed by atoms with Gasteiger partial charge in [-0.2, -0.15) is 4.68 Å². The summed E-state index contributed by atoms with van der Waals surface area (Å²) in [6.07, 6.45) is 4.49. The van der Waals surface area contributed by atoms with Crippen LogP contribution in [0.3, 0.4) is 0 Å². The lowest BCUT2D eigenvalue weighted by atomic mass is 10.2. The molecule has 1 atom stereocenters. The second-order valence-corrected chi connectivity index (χ2v) is 7.16. The van der Waals surface area contributed by atoms with Crippen molar-refractivity contribution in [1.29, 1.82) is 0 Å². The third kappa shape index (κ3) is 3.92. The highest BCUT2D eigenvalue weighted by Crippen LogP contribution is 2.25. The van der Waals surface area contributed by atoms with Crippen LogP contribution < -0.4 is 0 Å². The summed E-state index contributed by atoms with van der Waals surface area (Å²) >= 11 is 1.30. The van der Waals surface area contributed by atoms with Gasteiger partial charge in [0, 0.05) is 13.1 Å². The molecule has 128 valence electrons. The number of rotatable bonds is 4. The SMILES string of the molecule is C[C@H](Sc1nnnn1-c1cccc(F)c1)C(=O)N1CCCCCC1. The van der Waals surface area contributed by atoms with Crippen molar-refractivity contribution in [2.75, 3.05) is 13.1 Å². The molecule has 1 saturated heterocycles. The van der Waals surface area contributed by atoms with Gasteiger partial charge < -0.3 is 4.90 Å². The lowest BCUT2D eigenvalue weighted by Crippen LogP contribution is -2.37. The minimum absolute atomic E-state index is 0.107. The minimum atomic E-state index is -0.354. The lowest BCUT2D eigenvalue weighted by Gasteiger charge is -2.23. The van der Waals surface area contributed by atoms with Gasteiger partial charge in [0.15, 0.2) is 0 Å². The smallest absolute Gasteiger partial charge is 0.235 e. The van der Waals surface area contributed by atoms with E-state index < -0.39 is 0 Å². The molecule has 0 spiro atoms. The molecule has 0 radical (unpaired) electrons. The fourth-order valence-corrected chi connectivity index (χ4v) is 3.67. The topological polar surface area (TPSA) is 63.9 Å². The molecule has 1 aromatic heterocycles. The van der Waals surface area contributed by atoms with Crippen molar-refractivity contribution in [2.45, 2.75) is 43.0 Å². The zero-order chi connectivity index (χ0) is 16.9. The number of amides is 1. The van der Waals surface area contributed by atoms with E-state index in [0.29, 0.717) is 10.8 Å². The van der Waals surface area contributed by atoms with Crippen molar-refractivity contribution in [3.05, 3.63) is 30.1 Å². The van der Waals surface area contributed by atoms with Gasteiger partial charge in [-0.3, -0.25) is 4.79 Å². The monoisotopic (exact) mass is 349 g/mol. The Kier molecular flexibility index (Phi) is 5.44. The number of thioether (sulfide) groups is 1. The molecule has 1 amide bonds. The number of carbonyl (C=O) groups excluding carboxylic acids is 1. The van der Waals surface area contributed by atoms with Crippen LogP contribution >= 0.6 is 11.8 Å². The quantitative estimate of drug-likeness (QED) is 0.794. The summed E-state index contributed by atoms with van der Waals surface area (Å²) in [5, 5.41) is 11.7. The second-order valence-electron chi connectivity index (χ2n) is 5.85. The third-order valence-corrected chi connectivity index (χ3v) is 5.06. The molecule has 1 aromatic carbocycles. The van der Waals surface area contributed by atoms with Crippen molar-refractivity contribution in [3.63, 3.8) is 0 Å². The summed E-state index contributed by atoms with van der Waals surface area (Å²) in [4.78, 5) is 14.6. The van der Waals surface area contributed by atoms with Crippen LogP contribution in [0.15, 0.2) is 29.4 Å². The molecule has 0 aliphatic carbocycles. The van der Waals surface area contributed by atoms with Gasteiger partial charge in [-0.05, 0) is 48.4 Å². The fraction of sp³-hybridized carbons (Fsp3) is 0.500. The first-order valence-electron chi connectivity index (χ1n) is 8.15. The predicted octanol–water partition coefficient (Wildman–Crippen LogP) is 2.68. The fourth-order valence-electron chi connectivity index (χ4n) is 2.78. The minimum Gasteiger partial charge on any atom is -0.342 e. The first-order valence-corrected chi connectivity index (χ1v) is 9.03. The summed E-state index contributed by atoms with van der Waals surface area (Å²) in [6.45, 7) is 3.50. The largest absolute Gasteiger partial charge is 0.342 e. The van der Waals surface area contributed by atoms with Crippen LogP contribution in [-0.4, -0.2) is 49.4 Å². The Hall–Kier alpha value is -1.96. The molecule has 1 aliphatic heterocycles. The zero-order valence-electron chi connectivity index (χ0n) is 13.6. The maximum absolute atomic E-state index is 13.4. The van der Waals surface area contributed by atoms with E-state index in [1.165, 1.54) is 41.4 Å². The standard InChI is InChI=1S/C16H20FN5OS/c1-12(15(23)21-9-4-2-3-5-10-21)24-16-18-19-20-22(16)14-8-6-7-13(17)11-14/h6-8,11-12H,2-5,9-10H2,1H3/t12-/m0/s1. The molecule has 1 aliphatic rings. The van der Waals surface area contributed by atoms with Crippen molar-refractivity contribution in [1.82, 2.24) is 25.1 Å². The van der Waals surface area contributed by atoms with E-state index in [1.54, 1.807) is 12.1 Å². The Labute approximate surface area is 144 Å². The molecule has 6 nitrogen and oxygen atoms in total. The van der Waals surface area contributed by atoms with E-state index in [9.17, 15) is 9.18 Å². The van der Waals surface area contributed by atoms with Crippen LogP contribution in [0.25, 0.3) is 5.69 Å². The second kappa shape index (κ2) is 7.74. The number of benzene rings is 1. The zero-order valence-corrected chi connectivity index (χ0v) is 14.4. The predicted molar refractivity (Wildman–Crippen MR) is 89.5 cm³/mol. The van der Waals surface area contributed by atoms with Gasteiger partial charge >= 0.3 is 0 Å². The number of carbonyl (C=O) groups is 1. The van der Waals surface area contributed by atoms with Gasteiger partial charge in [-0.25, -0.2) is 4.39 Å². The summed E-state index contributed by atoms with van der Waals surface area (Å²) < 4.78 is 14.9. The molecule has 0 unspecified atom stereocenters. The molecule has 24 heavy (non-hydrogen) atoms. The number of nitrogens with zero attached hydrogens (tertiary/aromatic N) is 5. The van der Waals surface area contributed by atoms with E-state index in [1.807, 2.05) is 11.8 Å². The van der Waals surface area contributed by atoms with Crippen LogP contribution in [0.4, 0.5) is 4.39 Å². The highest BCUT2D eigenvalue weighted by molar-refractivity contribution is 8.00. The highest BCUT2D eigenvalue weighted by atomic mass is 32.2. The molecular formula is C16H20FN5OS.